The molecule has 0 aliphatic carbocycles. The highest BCUT2D eigenvalue weighted by atomic mass is 15.2. The van der Waals surface area contributed by atoms with Crippen molar-refractivity contribution in [2.75, 3.05) is 0 Å². The van der Waals surface area contributed by atoms with E-state index in [-0.39, 0.29) is 0 Å². The molecule has 85 heavy (non-hydrogen) atoms. The van der Waals surface area contributed by atoms with Crippen molar-refractivity contribution in [2.45, 2.75) is 6.17 Å². The van der Waals surface area contributed by atoms with Gasteiger partial charge in [-0.3, -0.25) is 0 Å². The monoisotopic (exact) mass is 1080 g/mol. The molecule has 1 atom stereocenters. The summed E-state index contributed by atoms with van der Waals surface area (Å²) >= 11 is 0. The van der Waals surface area contributed by atoms with Gasteiger partial charge in [-0.15, -0.1) is 0 Å². The quantitative estimate of drug-likeness (QED) is 0.130. The molecular weight excluding hydrogens is 1030 g/mol. The van der Waals surface area contributed by atoms with Gasteiger partial charge in [-0.2, -0.15) is 0 Å². The lowest BCUT2D eigenvalue weighted by molar-refractivity contribution is 0.674. The van der Waals surface area contributed by atoms with Crippen molar-refractivity contribution in [2.24, 2.45) is 9.98 Å². The Hall–Kier alpha value is -11.2. The van der Waals surface area contributed by atoms with Crippen LogP contribution in [0.4, 0.5) is 0 Å². The summed E-state index contributed by atoms with van der Waals surface area (Å²) in [7, 11) is 0. The first-order valence-electron chi connectivity index (χ1n) is 29.1. The second kappa shape index (κ2) is 22.3. The maximum atomic E-state index is 5.58. The molecule has 2 heterocycles. The number of fused-ring (bicyclic) bond motifs is 3. The molecule has 0 fully saturated rings. The number of aliphatic imine (C=N–C) groups is 2. The number of aromatic nitrogens is 1. The van der Waals surface area contributed by atoms with E-state index >= 15 is 0 Å². The maximum Gasteiger partial charge on any atom is 0.159 e. The van der Waals surface area contributed by atoms with Gasteiger partial charge in [0.05, 0.1) is 11.0 Å². The highest BCUT2D eigenvalue weighted by Crippen LogP contribution is 2.42. The van der Waals surface area contributed by atoms with Gasteiger partial charge in [-0.05, 0) is 180 Å². The number of nitrogens with zero attached hydrogens (tertiary/aromatic N) is 3. The largest absolute Gasteiger partial charge is 0.344 e. The average molecular weight is 1090 g/mol. The van der Waals surface area contributed by atoms with Crippen LogP contribution in [0.15, 0.2) is 338 Å². The van der Waals surface area contributed by atoms with Crippen LogP contribution in [0.3, 0.4) is 0 Å². The molecule has 1 unspecified atom stereocenters. The lowest BCUT2D eigenvalue weighted by Gasteiger charge is -2.24. The minimum atomic E-state index is -0.485. The van der Waals surface area contributed by atoms with Gasteiger partial charge in [-0.1, -0.05) is 243 Å². The molecule has 400 valence electrons. The number of rotatable bonds is 12. The molecule has 1 N–H and O–H groups in total. The molecule has 1 aromatic heterocycles. The van der Waals surface area contributed by atoms with Gasteiger partial charge in [0.15, 0.2) is 5.84 Å². The summed E-state index contributed by atoms with van der Waals surface area (Å²) in [6.07, 6.45) is -0.485. The summed E-state index contributed by atoms with van der Waals surface area (Å²) in [4.78, 5) is 11.1. The average Bonchev–Trinajstić information content (AvgIpc) is 2.09. The second-order valence-corrected chi connectivity index (χ2v) is 21.8. The van der Waals surface area contributed by atoms with Gasteiger partial charge in [-0.25, -0.2) is 9.98 Å². The van der Waals surface area contributed by atoms with Crippen LogP contribution in [0.1, 0.15) is 22.9 Å². The zero-order valence-electron chi connectivity index (χ0n) is 46.6. The Labute approximate surface area is 495 Å². The summed E-state index contributed by atoms with van der Waals surface area (Å²) in [6, 6.07) is 118. The smallest absolute Gasteiger partial charge is 0.159 e. The fourth-order valence-corrected chi connectivity index (χ4v) is 12.2. The lowest BCUT2D eigenvalue weighted by atomic mass is 9.92. The molecule has 0 radical (unpaired) electrons. The molecule has 15 rings (SSSR count). The van der Waals surface area contributed by atoms with E-state index in [0.717, 1.165) is 94.9 Å². The number of hydrogen-bond acceptors (Lipinski definition) is 3. The van der Waals surface area contributed by atoms with E-state index in [9.17, 15) is 0 Å². The van der Waals surface area contributed by atoms with Crippen molar-refractivity contribution in [1.29, 1.82) is 0 Å². The van der Waals surface area contributed by atoms with E-state index < -0.39 is 6.17 Å². The third-order valence-corrected chi connectivity index (χ3v) is 16.4. The molecule has 13 aromatic carbocycles. The highest BCUT2D eigenvalue weighted by molar-refractivity contribution is 6.17. The molecular formula is C81H56N4. The van der Waals surface area contributed by atoms with E-state index in [2.05, 4.69) is 337 Å². The number of benzene rings is 13. The SMILES string of the molecule is c1ccc(-c2cc(-c3ccccc3)cc(-c3cccc(C4=NC(c5cccc(-c6cccc7c6c6cc(-c8ccccc8)ccc6n7-c6ccccc6)c5)NC(c5cccc(-c6cc(-c7ccccc7)cc(-c7ccccc7)c6)c5)=N4)c3)c2)cc1. The van der Waals surface area contributed by atoms with E-state index in [4.69, 9.17) is 9.98 Å². The molecule has 1 aliphatic rings. The predicted octanol–water partition coefficient (Wildman–Crippen LogP) is 20.6. The van der Waals surface area contributed by atoms with Crippen LogP contribution in [0, 0.1) is 0 Å². The van der Waals surface area contributed by atoms with Crippen LogP contribution in [0.2, 0.25) is 0 Å². The van der Waals surface area contributed by atoms with Crippen molar-refractivity contribution in [3.8, 4) is 94.7 Å². The van der Waals surface area contributed by atoms with Gasteiger partial charge in [0, 0.05) is 27.6 Å². The van der Waals surface area contributed by atoms with E-state index in [0.29, 0.717) is 5.84 Å². The molecule has 0 saturated heterocycles. The molecule has 1 aliphatic heterocycles. The molecule has 4 nitrogen and oxygen atoms in total. The number of hydrogen-bond donors (Lipinski definition) is 1. The minimum Gasteiger partial charge on any atom is -0.344 e. The van der Waals surface area contributed by atoms with Gasteiger partial charge in [0.2, 0.25) is 0 Å². The number of amidine groups is 2. The summed E-state index contributed by atoms with van der Waals surface area (Å²) in [5.41, 5.74) is 24.7. The van der Waals surface area contributed by atoms with Crippen molar-refractivity contribution >= 4 is 33.5 Å². The Morgan fingerprint density at radius 2 is 0.659 bits per heavy atom. The molecule has 0 saturated carbocycles. The Bertz CT molecular complexity index is 4700. The summed E-state index contributed by atoms with van der Waals surface area (Å²) < 4.78 is 2.40. The predicted molar refractivity (Wildman–Crippen MR) is 356 cm³/mol. The Morgan fingerprint density at radius 1 is 0.271 bits per heavy atom. The third-order valence-electron chi connectivity index (χ3n) is 16.4. The second-order valence-electron chi connectivity index (χ2n) is 21.8. The van der Waals surface area contributed by atoms with Crippen LogP contribution >= 0.6 is 0 Å². The summed E-state index contributed by atoms with van der Waals surface area (Å²) in [6.45, 7) is 0. The van der Waals surface area contributed by atoms with Gasteiger partial charge in [0.1, 0.15) is 12.0 Å². The fourth-order valence-electron chi connectivity index (χ4n) is 12.2. The van der Waals surface area contributed by atoms with Crippen LogP contribution < -0.4 is 5.32 Å². The van der Waals surface area contributed by atoms with Gasteiger partial charge in [0.25, 0.3) is 0 Å². The Morgan fingerprint density at radius 3 is 1.19 bits per heavy atom. The van der Waals surface area contributed by atoms with Crippen LogP contribution in [0.25, 0.3) is 117 Å². The lowest BCUT2D eigenvalue weighted by Crippen LogP contribution is -2.33. The molecule has 0 bridgehead atoms. The van der Waals surface area contributed by atoms with Crippen LogP contribution in [-0.2, 0) is 0 Å². The summed E-state index contributed by atoms with van der Waals surface area (Å²) in [5, 5.41) is 6.29. The summed E-state index contributed by atoms with van der Waals surface area (Å²) in [5.74, 6) is 1.40. The zero-order valence-corrected chi connectivity index (χ0v) is 46.6. The van der Waals surface area contributed by atoms with Gasteiger partial charge >= 0.3 is 0 Å². The zero-order chi connectivity index (χ0) is 56.5. The number of nitrogens with one attached hydrogen (secondary N) is 1. The van der Waals surface area contributed by atoms with Crippen LogP contribution in [-0.4, -0.2) is 16.2 Å². The standard InChI is InChI=1S/C81H56N4/c1-7-23-55(24-8-1)62-43-44-76-75(54-62)78-74(41-22-42-77(78)85(76)73-39-17-6-18-40-73)63-35-21-38-66(47-63)81-83-79(64-36-19-33-60(45-64)71-50-67(56-25-9-2-10-26-56)48-68(51-71)57-27-11-3-12-28-57)82-80(84-81)65-37-20-34-61(46-65)72-52-69(58-29-13-4-14-30-58)49-70(53-72)59-31-15-5-16-32-59/h1-54,81H,(H,82,83,84). The molecule has 0 spiro atoms. The van der Waals surface area contributed by atoms with Crippen LogP contribution in [0.5, 0.6) is 0 Å². The molecule has 0 amide bonds. The third kappa shape index (κ3) is 10.1. The highest BCUT2D eigenvalue weighted by Gasteiger charge is 2.24. The topological polar surface area (TPSA) is 41.7 Å². The fraction of sp³-hybridized carbons (Fsp3) is 0.0123. The van der Waals surface area contributed by atoms with Crippen molar-refractivity contribution < 1.29 is 0 Å². The van der Waals surface area contributed by atoms with Crippen molar-refractivity contribution in [3.63, 3.8) is 0 Å². The first kappa shape index (κ1) is 50.7. The minimum absolute atomic E-state index is 0.485. The first-order valence-corrected chi connectivity index (χ1v) is 29.1. The number of para-hydroxylation sites is 1. The van der Waals surface area contributed by atoms with E-state index in [1.165, 1.54) is 44.2 Å². The maximum absolute atomic E-state index is 5.58. The molecule has 14 aromatic rings. The Balaban J connectivity index is 0.875. The van der Waals surface area contributed by atoms with Gasteiger partial charge < -0.3 is 9.88 Å². The van der Waals surface area contributed by atoms with Crippen molar-refractivity contribution in [1.82, 2.24) is 9.88 Å². The van der Waals surface area contributed by atoms with E-state index in [1.807, 2.05) is 0 Å². The normalized spacial score (nSPS) is 13.1. The van der Waals surface area contributed by atoms with E-state index in [1.54, 1.807) is 0 Å². The molecule has 4 heteroatoms. The Kier molecular flexibility index (Phi) is 13.3. The first-order chi connectivity index (χ1) is 42.1. The van der Waals surface area contributed by atoms with Crippen molar-refractivity contribution in [3.05, 3.63) is 344 Å².